The molecule has 18 heavy (non-hydrogen) atoms. The van der Waals surface area contributed by atoms with E-state index in [4.69, 9.17) is 27.9 Å². The molecule has 2 nitrogen and oxygen atoms in total. The monoisotopic (exact) mass is 289 g/mol. The molecule has 1 N–H and O–H groups in total. The lowest BCUT2D eigenvalue weighted by atomic mass is 10.0. The molecular formula is C14H21Cl2NO. The van der Waals surface area contributed by atoms with Crippen LogP contribution in [0.25, 0.3) is 0 Å². The Balaban J connectivity index is 2.61. The second kappa shape index (κ2) is 8.76. The van der Waals surface area contributed by atoms with Gasteiger partial charge in [0.2, 0.25) is 0 Å². The fraction of sp³-hybridized carbons (Fsp3) is 0.571. The molecule has 1 atom stereocenters. The second-order valence-electron chi connectivity index (χ2n) is 4.27. The van der Waals surface area contributed by atoms with E-state index >= 15 is 0 Å². The first-order valence-corrected chi connectivity index (χ1v) is 7.12. The minimum Gasteiger partial charge on any atom is -0.385 e. The van der Waals surface area contributed by atoms with Gasteiger partial charge >= 0.3 is 0 Å². The van der Waals surface area contributed by atoms with Crippen molar-refractivity contribution in [3.05, 3.63) is 33.8 Å². The van der Waals surface area contributed by atoms with E-state index in [-0.39, 0.29) is 0 Å². The largest absolute Gasteiger partial charge is 0.385 e. The van der Waals surface area contributed by atoms with Gasteiger partial charge in [0, 0.05) is 19.8 Å². The SMILES string of the molecule is CCNC(CCCCOC)c1ccc(Cl)c(Cl)c1. The molecule has 0 aliphatic heterocycles. The fourth-order valence-corrected chi connectivity index (χ4v) is 2.26. The van der Waals surface area contributed by atoms with E-state index < -0.39 is 0 Å². The summed E-state index contributed by atoms with van der Waals surface area (Å²) in [7, 11) is 1.74. The maximum Gasteiger partial charge on any atom is 0.0595 e. The van der Waals surface area contributed by atoms with Gasteiger partial charge in [0.25, 0.3) is 0 Å². The third-order valence-corrected chi connectivity index (χ3v) is 3.63. The van der Waals surface area contributed by atoms with Crippen LogP contribution in [0.3, 0.4) is 0 Å². The summed E-state index contributed by atoms with van der Waals surface area (Å²) < 4.78 is 5.07. The maximum atomic E-state index is 6.06. The van der Waals surface area contributed by atoms with Gasteiger partial charge in [0.1, 0.15) is 0 Å². The van der Waals surface area contributed by atoms with Crippen molar-refractivity contribution in [3.63, 3.8) is 0 Å². The third-order valence-electron chi connectivity index (χ3n) is 2.89. The van der Waals surface area contributed by atoms with E-state index in [0.29, 0.717) is 16.1 Å². The number of benzene rings is 1. The highest BCUT2D eigenvalue weighted by molar-refractivity contribution is 6.42. The summed E-state index contributed by atoms with van der Waals surface area (Å²) >= 11 is 12.0. The Morgan fingerprint density at radius 2 is 2.00 bits per heavy atom. The van der Waals surface area contributed by atoms with Crippen molar-refractivity contribution in [2.75, 3.05) is 20.3 Å². The normalized spacial score (nSPS) is 12.7. The molecule has 1 aromatic carbocycles. The first-order valence-electron chi connectivity index (χ1n) is 6.36. The van der Waals surface area contributed by atoms with E-state index in [1.165, 1.54) is 5.56 Å². The van der Waals surface area contributed by atoms with Crippen LogP contribution < -0.4 is 5.32 Å². The topological polar surface area (TPSA) is 21.3 Å². The zero-order valence-corrected chi connectivity index (χ0v) is 12.5. The Hall–Kier alpha value is -0.280. The number of rotatable bonds is 8. The number of ether oxygens (including phenoxy) is 1. The van der Waals surface area contributed by atoms with Crippen LogP contribution in [0.4, 0.5) is 0 Å². The quantitative estimate of drug-likeness (QED) is 0.714. The van der Waals surface area contributed by atoms with Gasteiger partial charge in [0.05, 0.1) is 10.0 Å². The number of halogens is 2. The van der Waals surface area contributed by atoms with E-state index in [0.717, 1.165) is 32.4 Å². The summed E-state index contributed by atoms with van der Waals surface area (Å²) in [5.74, 6) is 0. The highest BCUT2D eigenvalue weighted by atomic mass is 35.5. The summed E-state index contributed by atoms with van der Waals surface area (Å²) in [6.45, 7) is 3.87. The van der Waals surface area contributed by atoms with E-state index in [2.05, 4.69) is 12.2 Å². The Labute approximate surface area is 120 Å². The fourth-order valence-electron chi connectivity index (χ4n) is 1.96. The number of unbranched alkanes of at least 4 members (excludes halogenated alkanes) is 1. The van der Waals surface area contributed by atoms with Crippen LogP contribution in [0.5, 0.6) is 0 Å². The van der Waals surface area contributed by atoms with Crippen LogP contribution in [0.2, 0.25) is 10.0 Å². The summed E-state index contributed by atoms with van der Waals surface area (Å²) in [6, 6.07) is 6.19. The predicted octanol–water partition coefficient (Wildman–Crippen LogP) is 4.46. The van der Waals surface area contributed by atoms with Crippen LogP contribution in [-0.4, -0.2) is 20.3 Å². The molecule has 0 aliphatic rings. The van der Waals surface area contributed by atoms with Crippen LogP contribution >= 0.6 is 23.2 Å². The second-order valence-corrected chi connectivity index (χ2v) is 5.09. The minimum absolute atomic E-state index is 0.335. The Morgan fingerprint density at radius 3 is 2.61 bits per heavy atom. The molecule has 1 rings (SSSR count). The lowest BCUT2D eigenvalue weighted by Crippen LogP contribution is -2.21. The van der Waals surface area contributed by atoms with Gasteiger partial charge in [-0.1, -0.05) is 36.2 Å². The summed E-state index contributed by atoms with van der Waals surface area (Å²) in [6.07, 6.45) is 3.29. The van der Waals surface area contributed by atoms with Crippen molar-refractivity contribution in [2.45, 2.75) is 32.2 Å². The van der Waals surface area contributed by atoms with Crippen molar-refractivity contribution in [2.24, 2.45) is 0 Å². The Kier molecular flexibility index (Phi) is 7.68. The van der Waals surface area contributed by atoms with Gasteiger partial charge in [-0.2, -0.15) is 0 Å². The number of methoxy groups -OCH3 is 1. The molecule has 0 saturated carbocycles. The van der Waals surface area contributed by atoms with E-state index in [9.17, 15) is 0 Å². The average molecular weight is 290 g/mol. The number of hydrogen-bond donors (Lipinski definition) is 1. The molecule has 0 amide bonds. The molecule has 4 heteroatoms. The van der Waals surface area contributed by atoms with Crippen molar-refractivity contribution in [3.8, 4) is 0 Å². The smallest absolute Gasteiger partial charge is 0.0595 e. The van der Waals surface area contributed by atoms with Gasteiger partial charge in [-0.25, -0.2) is 0 Å². The molecule has 1 aromatic rings. The van der Waals surface area contributed by atoms with E-state index in [1.807, 2.05) is 18.2 Å². The summed E-state index contributed by atoms with van der Waals surface area (Å²) in [5, 5.41) is 4.71. The first-order chi connectivity index (χ1) is 8.69. The van der Waals surface area contributed by atoms with Crippen molar-refractivity contribution in [1.29, 1.82) is 0 Å². The Morgan fingerprint density at radius 1 is 1.22 bits per heavy atom. The van der Waals surface area contributed by atoms with Gasteiger partial charge in [-0.3, -0.25) is 0 Å². The van der Waals surface area contributed by atoms with Crippen molar-refractivity contribution in [1.82, 2.24) is 5.32 Å². The van der Waals surface area contributed by atoms with Gasteiger partial charge < -0.3 is 10.1 Å². The average Bonchev–Trinajstić information content (AvgIpc) is 2.37. The highest BCUT2D eigenvalue weighted by Gasteiger charge is 2.11. The number of nitrogens with one attached hydrogen (secondary N) is 1. The standard InChI is InChI=1S/C14H21Cl2NO/c1-3-17-14(6-4-5-9-18-2)11-7-8-12(15)13(16)10-11/h7-8,10,14,17H,3-6,9H2,1-2H3. The van der Waals surface area contributed by atoms with E-state index in [1.54, 1.807) is 7.11 Å². The molecule has 0 radical (unpaired) electrons. The van der Waals surface area contributed by atoms with Crippen molar-refractivity contribution < 1.29 is 4.74 Å². The minimum atomic E-state index is 0.335. The summed E-state index contributed by atoms with van der Waals surface area (Å²) in [5.41, 5.74) is 1.20. The Bertz CT molecular complexity index is 358. The molecule has 0 spiro atoms. The lowest BCUT2D eigenvalue weighted by molar-refractivity contribution is 0.191. The molecule has 1 unspecified atom stereocenters. The van der Waals surface area contributed by atoms with Crippen LogP contribution in [0, 0.1) is 0 Å². The molecule has 0 heterocycles. The molecular weight excluding hydrogens is 269 g/mol. The zero-order chi connectivity index (χ0) is 13.4. The molecule has 0 bridgehead atoms. The van der Waals surface area contributed by atoms with Gasteiger partial charge in [0.15, 0.2) is 0 Å². The molecule has 102 valence electrons. The van der Waals surface area contributed by atoms with Crippen LogP contribution in [0.15, 0.2) is 18.2 Å². The van der Waals surface area contributed by atoms with Crippen LogP contribution in [-0.2, 0) is 4.74 Å². The van der Waals surface area contributed by atoms with Crippen LogP contribution in [0.1, 0.15) is 37.8 Å². The number of hydrogen-bond acceptors (Lipinski definition) is 2. The molecule has 0 aromatic heterocycles. The maximum absolute atomic E-state index is 6.06. The van der Waals surface area contributed by atoms with Crippen molar-refractivity contribution >= 4 is 23.2 Å². The third kappa shape index (κ3) is 5.15. The highest BCUT2D eigenvalue weighted by Crippen LogP contribution is 2.27. The lowest BCUT2D eigenvalue weighted by Gasteiger charge is -2.18. The molecule has 0 fully saturated rings. The molecule has 0 aliphatic carbocycles. The predicted molar refractivity (Wildman–Crippen MR) is 78.6 cm³/mol. The van der Waals surface area contributed by atoms with Gasteiger partial charge in [-0.05, 0) is 43.5 Å². The van der Waals surface area contributed by atoms with Gasteiger partial charge in [-0.15, -0.1) is 0 Å². The first kappa shape index (κ1) is 15.8. The molecule has 0 saturated heterocycles. The zero-order valence-electron chi connectivity index (χ0n) is 11.0. The summed E-state index contributed by atoms with van der Waals surface area (Å²) in [4.78, 5) is 0.